The zero-order valence-electron chi connectivity index (χ0n) is 14.8. The van der Waals surface area contributed by atoms with Gasteiger partial charge in [-0.2, -0.15) is 0 Å². The summed E-state index contributed by atoms with van der Waals surface area (Å²) >= 11 is 0. The third-order valence-electron chi connectivity index (χ3n) is 4.22. The number of hydrogen-bond donors (Lipinski definition) is 1. The van der Waals surface area contributed by atoms with Gasteiger partial charge in [-0.3, -0.25) is 4.79 Å². The number of benzene rings is 2. The van der Waals surface area contributed by atoms with Crippen molar-refractivity contribution in [1.29, 1.82) is 0 Å². The maximum atomic E-state index is 13.0. The Labute approximate surface area is 157 Å². The molecule has 3 rings (SSSR count). The maximum absolute atomic E-state index is 13.0. The summed E-state index contributed by atoms with van der Waals surface area (Å²) < 4.78 is 48.7. The fourth-order valence-corrected chi connectivity index (χ4v) is 3.96. The van der Waals surface area contributed by atoms with Crippen molar-refractivity contribution in [2.45, 2.75) is 24.3 Å². The van der Waals surface area contributed by atoms with Gasteiger partial charge in [0.15, 0.2) is 21.3 Å². The monoisotopic (exact) mass is 393 g/mol. The van der Waals surface area contributed by atoms with Crippen LogP contribution in [0.15, 0.2) is 47.4 Å². The summed E-state index contributed by atoms with van der Waals surface area (Å²) in [7, 11) is -3.64. The van der Waals surface area contributed by atoms with E-state index >= 15 is 0 Å². The molecule has 1 atom stereocenters. The SMILES string of the molecule is CC(NC(=O)CCS(=O)(=O)c1ccc2c(c1)OCCO2)c1ccc(F)cc1. The van der Waals surface area contributed by atoms with Gasteiger partial charge in [0.05, 0.1) is 16.7 Å². The molecule has 6 nitrogen and oxygen atoms in total. The van der Waals surface area contributed by atoms with Gasteiger partial charge < -0.3 is 14.8 Å². The molecule has 0 spiro atoms. The van der Waals surface area contributed by atoms with Gasteiger partial charge in [0.1, 0.15) is 19.0 Å². The average Bonchev–Trinajstić information content (AvgIpc) is 2.66. The molecule has 2 aromatic carbocycles. The smallest absolute Gasteiger partial charge is 0.221 e. The molecule has 0 bridgehead atoms. The lowest BCUT2D eigenvalue weighted by Crippen LogP contribution is -2.28. The van der Waals surface area contributed by atoms with Crippen molar-refractivity contribution in [3.63, 3.8) is 0 Å². The molecule has 27 heavy (non-hydrogen) atoms. The average molecular weight is 393 g/mol. The molecule has 144 valence electrons. The zero-order chi connectivity index (χ0) is 19.4. The maximum Gasteiger partial charge on any atom is 0.221 e. The first-order valence-electron chi connectivity index (χ1n) is 8.52. The number of rotatable bonds is 6. The highest BCUT2D eigenvalue weighted by molar-refractivity contribution is 7.91. The lowest BCUT2D eigenvalue weighted by atomic mass is 10.1. The summed E-state index contributed by atoms with van der Waals surface area (Å²) in [6.45, 7) is 2.53. The molecule has 1 unspecified atom stereocenters. The van der Waals surface area contributed by atoms with E-state index in [1.54, 1.807) is 25.1 Å². The van der Waals surface area contributed by atoms with Crippen molar-refractivity contribution in [2.24, 2.45) is 0 Å². The minimum Gasteiger partial charge on any atom is -0.486 e. The topological polar surface area (TPSA) is 81.7 Å². The molecular formula is C19H20FNO5S. The molecule has 0 saturated heterocycles. The second-order valence-electron chi connectivity index (χ2n) is 6.22. The molecule has 1 heterocycles. The van der Waals surface area contributed by atoms with Gasteiger partial charge >= 0.3 is 0 Å². The highest BCUT2D eigenvalue weighted by atomic mass is 32.2. The number of carbonyl (C=O) groups is 1. The van der Waals surface area contributed by atoms with Crippen LogP contribution in [0.3, 0.4) is 0 Å². The highest BCUT2D eigenvalue weighted by Gasteiger charge is 2.21. The van der Waals surface area contributed by atoms with Crippen LogP contribution in [0, 0.1) is 5.82 Å². The molecule has 8 heteroatoms. The lowest BCUT2D eigenvalue weighted by molar-refractivity contribution is -0.121. The molecule has 1 aliphatic rings. The van der Waals surface area contributed by atoms with Crippen LogP contribution in [-0.4, -0.2) is 33.3 Å². The van der Waals surface area contributed by atoms with Gasteiger partial charge in [0.2, 0.25) is 5.91 Å². The van der Waals surface area contributed by atoms with Crippen LogP contribution in [0.4, 0.5) is 4.39 Å². The van der Waals surface area contributed by atoms with Gasteiger partial charge in [0, 0.05) is 12.5 Å². The van der Waals surface area contributed by atoms with Gasteiger partial charge in [-0.05, 0) is 36.8 Å². The Morgan fingerprint density at radius 2 is 1.78 bits per heavy atom. The first kappa shape index (κ1) is 19.2. The number of hydrogen-bond acceptors (Lipinski definition) is 5. The third-order valence-corrected chi connectivity index (χ3v) is 5.93. The van der Waals surface area contributed by atoms with Crippen LogP contribution in [-0.2, 0) is 14.6 Å². The predicted octanol–water partition coefficient (Wildman–Crippen LogP) is 2.64. The Kier molecular flexibility index (Phi) is 5.65. The van der Waals surface area contributed by atoms with E-state index in [4.69, 9.17) is 9.47 Å². The molecule has 1 N–H and O–H groups in total. The molecule has 2 aromatic rings. The van der Waals surface area contributed by atoms with E-state index in [9.17, 15) is 17.6 Å². The number of nitrogens with one attached hydrogen (secondary N) is 1. The van der Waals surface area contributed by atoms with Crippen molar-refractivity contribution in [2.75, 3.05) is 19.0 Å². The summed E-state index contributed by atoms with van der Waals surface area (Å²) in [5.41, 5.74) is 0.736. The number of fused-ring (bicyclic) bond motifs is 1. The van der Waals surface area contributed by atoms with Gasteiger partial charge in [-0.25, -0.2) is 12.8 Å². The molecule has 1 aliphatic heterocycles. The molecule has 0 aliphatic carbocycles. The van der Waals surface area contributed by atoms with Gasteiger partial charge in [0.25, 0.3) is 0 Å². The molecule has 0 radical (unpaired) electrons. The summed E-state index contributed by atoms with van der Waals surface area (Å²) in [4.78, 5) is 12.2. The van der Waals surface area contributed by atoms with E-state index in [0.717, 1.165) is 5.56 Å². The summed E-state index contributed by atoms with van der Waals surface area (Å²) in [5.74, 6) is -0.187. The quantitative estimate of drug-likeness (QED) is 0.816. The number of ether oxygens (including phenoxy) is 2. The molecular weight excluding hydrogens is 373 g/mol. The first-order chi connectivity index (χ1) is 12.8. The second kappa shape index (κ2) is 7.96. The normalized spacial score (nSPS) is 14.4. The summed E-state index contributed by atoms with van der Waals surface area (Å²) in [6.07, 6.45) is -0.178. The Bertz CT molecular complexity index is 928. The number of halogens is 1. The highest BCUT2D eigenvalue weighted by Crippen LogP contribution is 2.32. The van der Waals surface area contributed by atoms with Crippen LogP contribution < -0.4 is 14.8 Å². The standard InChI is InChI=1S/C19H20FNO5S/c1-13(14-2-4-15(20)5-3-14)21-19(22)8-11-27(23,24)16-6-7-17-18(12-16)26-10-9-25-17/h2-7,12-13H,8-11H2,1H3,(H,21,22). The van der Waals surface area contributed by atoms with Crippen molar-refractivity contribution in [1.82, 2.24) is 5.32 Å². The van der Waals surface area contributed by atoms with E-state index in [0.29, 0.717) is 24.7 Å². The molecule has 1 amide bonds. The number of amides is 1. The van der Waals surface area contributed by atoms with E-state index in [-0.39, 0.29) is 28.9 Å². The fraction of sp³-hybridized carbons (Fsp3) is 0.316. The molecule has 0 aromatic heterocycles. The Hall–Kier alpha value is -2.61. The molecule has 0 saturated carbocycles. The van der Waals surface area contributed by atoms with E-state index in [1.165, 1.54) is 24.3 Å². The fourth-order valence-electron chi connectivity index (χ4n) is 2.71. The zero-order valence-corrected chi connectivity index (χ0v) is 15.6. The Morgan fingerprint density at radius 3 is 2.48 bits per heavy atom. The Morgan fingerprint density at radius 1 is 1.11 bits per heavy atom. The summed E-state index contributed by atoms with van der Waals surface area (Å²) in [5, 5.41) is 2.72. The van der Waals surface area contributed by atoms with E-state index in [2.05, 4.69) is 5.32 Å². The van der Waals surface area contributed by atoms with Crippen LogP contribution in [0.25, 0.3) is 0 Å². The number of carbonyl (C=O) groups excluding carboxylic acids is 1. The largest absolute Gasteiger partial charge is 0.486 e. The molecule has 0 fully saturated rings. The number of sulfone groups is 1. The van der Waals surface area contributed by atoms with Gasteiger partial charge in [-0.1, -0.05) is 12.1 Å². The van der Waals surface area contributed by atoms with Crippen LogP contribution in [0.5, 0.6) is 11.5 Å². The second-order valence-corrected chi connectivity index (χ2v) is 8.32. The lowest BCUT2D eigenvalue weighted by Gasteiger charge is -2.19. The summed E-state index contributed by atoms with van der Waals surface area (Å²) in [6, 6.07) is 9.84. The predicted molar refractivity (Wildman–Crippen MR) is 97.1 cm³/mol. The van der Waals surface area contributed by atoms with Crippen molar-refractivity contribution >= 4 is 15.7 Å². The van der Waals surface area contributed by atoms with E-state index < -0.39 is 15.7 Å². The minimum atomic E-state index is -3.64. The third kappa shape index (κ3) is 4.77. The van der Waals surface area contributed by atoms with Crippen molar-refractivity contribution < 1.29 is 27.1 Å². The van der Waals surface area contributed by atoms with Gasteiger partial charge in [-0.15, -0.1) is 0 Å². The minimum absolute atomic E-state index is 0.0890. The van der Waals surface area contributed by atoms with Crippen molar-refractivity contribution in [3.8, 4) is 11.5 Å². The van der Waals surface area contributed by atoms with Crippen LogP contribution in [0.1, 0.15) is 24.9 Å². The van der Waals surface area contributed by atoms with E-state index in [1.807, 2.05) is 0 Å². The van der Waals surface area contributed by atoms with Crippen LogP contribution in [0.2, 0.25) is 0 Å². The first-order valence-corrected chi connectivity index (χ1v) is 10.2. The van der Waals surface area contributed by atoms with Crippen LogP contribution >= 0.6 is 0 Å². The Balaban J connectivity index is 1.59. The van der Waals surface area contributed by atoms with Crippen molar-refractivity contribution in [3.05, 3.63) is 53.8 Å².